The molecule has 0 radical (unpaired) electrons. The fourth-order valence-electron chi connectivity index (χ4n) is 1.65. The van der Waals surface area contributed by atoms with Crippen molar-refractivity contribution < 1.29 is 9.36 Å². The van der Waals surface area contributed by atoms with Gasteiger partial charge in [-0.1, -0.05) is 0 Å². The van der Waals surface area contributed by atoms with Crippen LogP contribution in [0, 0.1) is 0 Å². The van der Waals surface area contributed by atoms with Crippen molar-refractivity contribution in [2.75, 3.05) is 0 Å². The number of nitrogens with one attached hydrogen (secondary N) is 1. The van der Waals surface area contributed by atoms with Crippen molar-refractivity contribution in [3.05, 3.63) is 44.3 Å². The molecule has 1 N–H and O–H groups in total. The van der Waals surface area contributed by atoms with Crippen LogP contribution in [0.2, 0.25) is 0 Å². The Hall–Kier alpha value is -1.37. The van der Waals surface area contributed by atoms with Crippen molar-refractivity contribution in [1.82, 2.24) is 5.32 Å². The van der Waals surface area contributed by atoms with E-state index in [4.69, 9.17) is 0 Å². The van der Waals surface area contributed by atoms with Gasteiger partial charge in [0.05, 0.1) is 0 Å². The van der Waals surface area contributed by atoms with E-state index in [2.05, 4.69) is 45.3 Å². The van der Waals surface area contributed by atoms with Crippen LogP contribution in [0.25, 0.3) is 17.3 Å². The third kappa shape index (κ3) is 3.10. The summed E-state index contributed by atoms with van der Waals surface area (Å²) in [6, 6.07) is 10.4. The van der Waals surface area contributed by atoms with E-state index in [0.29, 0.717) is 0 Å². The molecular weight excluding hydrogens is 340 g/mol. The molecule has 0 bridgehead atoms. The van der Waals surface area contributed by atoms with Crippen molar-refractivity contribution in [1.29, 1.82) is 0 Å². The Morgan fingerprint density at radius 3 is 2.72 bits per heavy atom. The second-order valence-electron chi connectivity index (χ2n) is 3.92. The number of rotatable bonds is 3. The van der Waals surface area contributed by atoms with E-state index >= 15 is 0 Å². The summed E-state index contributed by atoms with van der Waals surface area (Å²) in [6.07, 6.45) is 3.72. The van der Waals surface area contributed by atoms with Gasteiger partial charge in [-0.2, -0.15) is 0 Å². The summed E-state index contributed by atoms with van der Waals surface area (Å²) < 4.78 is 5.83. The quantitative estimate of drug-likeness (QED) is 0.655. The number of carbonyl (C=O) groups is 1. The van der Waals surface area contributed by atoms with Gasteiger partial charge in [0.2, 0.25) is 0 Å². The Morgan fingerprint density at radius 1 is 1.33 bits per heavy atom. The summed E-state index contributed by atoms with van der Waals surface area (Å²) in [5.41, 5.74) is 2.51. The number of benzene rings is 1. The normalized spacial score (nSPS) is 10.8. The minimum atomic E-state index is -0.303. The van der Waals surface area contributed by atoms with E-state index in [1.807, 2.05) is 12.1 Å². The third-order valence-corrected chi connectivity index (χ3v) is 5.40. The zero-order valence-corrected chi connectivity index (χ0v) is 12.7. The second kappa shape index (κ2) is 5.99. The van der Waals surface area contributed by atoms with E-state index < -0.39 is 0 Å². The minimum absolute atomic E-state index is 0.0376. The molecule has 2 aromatic rings. The molecule has 1 aromatic carbocycles. The Kier molecular flexibility index (Phi) is 4.35. The molecule has 18 heavy (non-hydrogen) atoms. The van der Waals surface area contributed by atoms with Gasteiger partial charge >= 0.3 is 117 Å². The molecule has 3 nitrogen and oxygen atoms in total. The average molecular weight is 355 g/mol. The molecule has 1 heterocycles. The van der Waals surface area contributed by atoms with Crippen LogP contribution in [0.4, 0.5) is 0 Å². The third-order valence-electron chi connectivity index (χ3n) is 2.57. The van der Waals surface area contributed by atoms with Gasteiger partial charge in [0.25, 0.3) is 0 Å². The number of hydrogen-bond acceptors (Lipinski definition) is 1. The van der Waals surface area contributed by atoms with Crippen LogP contribution in [0.5, 0.6) is 0 Å². The molecule has 0 aliphatic rings. The zero-order valence-electron chi connectivity index (χ0n) is 10.4. The molecular formula is C14H15N2OTe+. The zero-order chi connectivity index (χ0) is 13.0. The van der Waals surface area contributed by atoms with Gasteiger partial charge in [-0.15, -0.1) is 0 Å². The van der Waals surface area contributed by atoms with E-state index in [9.17, 15) is 4.79 Å². The topological polar surface area (TPSA) is 33.0 Å². The molecule has 0 fully saturated rings. The molecule has 1 amide bonds. The number of nitrogens with zero attached hydrogens (tertiary/aromatic N) is 1. The van der Waals surface area contributed by atoms with Crippen molar-refractivity contribution in [2.45, 2.75) is 6.92 Å². The summed E-state index contributed by atoms with van der Waals surface area (Å²) in [5.74, 6) is -0.0376. The first-order valence-corrected chi connectivity index (χ1v) is 8.16. The summed E-state index contributed by atoms with van der Waals surface area (Å²) in [6.45, 7) is 1.51. The average Bonchev–Trinajstić information content (AvgIpc) is 2.72. The van der Waals surface area contributed by atoms with E-state index in [1.54, 1.807) is 6.20 Å². The summed E-state index contributed by atoms with van der Waals surface area (Å²) in [7, 11) is 2.07. The van der Waals surface area contributed by atoms with Crippen molar-refractivity contribution in [3.63, 3.8) is 0 Å². The molecule has 92 valence electrons. The van der Waals surface area contributed by atoms with Crippen LogP contribution in [-0.2, 0) is 11.8 Å². The van der Waals surface area contributed by atoms with Crippen LogP contribution in [0.3, 0.4) is 0 Å². The molecule has 1 aromatic heterocycles. The van der Waals surface area contributed by atoms with Gasteiger partial charge in [0.1, 0.15) is 0 Å². The first kappa shape index (κ1) is 13.1. The fourth-order valence-corrected chi connectivity index (χ4v) is 4.30. The van der Waals surface area contributed by atoms with Gasteiger partial charge < -0.3 is 0 Å². The van der Waals surface area contributed by atoms with Crippen LogP contribution < -0.4 is 9.88 Å². The van der Waals surface area contributed by atoms with E-state index in [-0.39, 0.29) is 26.3 Å². The molecule has 0 saturated carbocycles. The number of aromatic nitrogens is 1. The first-order chi connectivity index (χ1) is 8.68. The van der Waals surface area contributed by atoms with E-state index in [0.717, 1.165) is 0 Å². The van der Waals surface area contributed by atoms with Crippen LogP contribution in [0.15, 0.2) is 40.6 Å². The van der Waals surface area contributed by atoms with Crippen molar-refractivity contribution in [2.24, 2.45) is 7.05 Å². The Balaban J connectivity index is 2.24. The molecule has 2 rings (SSSR count). The predicted molar refractivity (Wildman–Crippen MR) is 72.8 cm³/mol. The van der Waals surface area contributed by atoms with Gasteiger partial charge in [-0.3, -0.25) is 0 Å². The van der Waals surface area contributed by atoms with Crippen molar-refractivity contribution in [3.8, 4) is 11.3 Å². The van der Waals surface area contributed by atoms with Crippen molar-refractivity contribution >= 4 is 32.4 Å². The maximum atomic E-state index is 10.8. The SMILES string of the molecule is CC(=O)NC=Cc1[te]cc(-c2ccccc2)[n+]1C. The van der Waals surface area contributed by atoms with Gasteiger partial charge in [0, 0.05) is 0 Å². The molecule has 0 aliphatic carbocycles. The number of amides is 1. The number of hydrogen-bond donors (Lipinski definition) is 1. The van der Waals surface area contributed by atoms with Crippen LogP contribution >= 0.6 is 0 Å². The monoisotopic (exact) mass is 357 g/mol. The number of carbonyl (C=O) groups excluding carboxylic acids is 1. The van der Waals surface area contributed by atoms with Gasteiger partial charge in [-0.05, 0) is 0 Å². The Bertz CT molecular complexity index is 573. The standard InChI is InChI=1S/C14H14N2OTe/c1-11(17)15-9-8-14-16(2)13(10-18-14)12-6-4-3-5-7-12/h3-10H,1-2H3/p+1. The predicted octanol–water partition coefficient (Wildman–Crippen LogP) is 1.34. The molecule has 0 aliphatic heterocycles. The van der Waals surface area contributed by atoms with Gasteiger partial charge in [-0.25, -0.2) is 0 Å². The summed E-state index contributed by atoms with van der Waals surface area (Å²) in [5, 5.41) is 2.68. The summed E-state index contributed by atoms with van der Waals surface area (Å²) in [4.78, 5) is 10.8. The van der Waals surface area contributed by atoms with E-state index in [1.165, 1.54) is 21.9 Å². The maximum absolute atomic E-state index is 10.8. The molecule has 0 atom stereocenters. The molecule has 0 unspecified atom stereocenters. The Labute approximate surface area is 116 Å². The van der Waals surface area contributed by atoms with Crippen LogP contribution in [0.1, 0.15) is 10.6 Å². The molecule has 0 saturated heterocycles. The molecule has 0 spiro atoms. The second-order valence-corrected chi connectivity index (χ2v) is 6.46. The van der Waals surface area contributed by atoms with Gasteiger partial charge in [0.15, 0.2) is 0 Å². The first-order valence-electron chi connectivity index (χ1n) is 5.65. The fraction of sp³-hybridized carbons (Fsp3) is 0.143. The summed E-state index contributed by atoms with van der Waals surface area (Å²) >= 11 is -0.303. The Morgan fingerprint density at radius 2 is 2.06 bits per heavy atom. The van der Waals surface area contributed by atoms with Crippen LogP contribution in [-0.4, -0.2) is 26.3 Å². The molecule has 4 heteroatoms.